The van der Waals surface area contributed by atoms with Gasteiger partial charge in [-0.1, -0.05) is 13.8 Å². The van der Waals surface area contributed by atoms with Crippen molar-refractivity contribution in [2.24, 2.45) is 11.3 Å². The smallest absolute Gasteiger partial charge is 0.318 e. The van der Waals surface area contributed by atoms with Crippen molar-refractivity contribution in [3.63, 3.8) is 0 Å². The van der Waals surface area contributed by atoms with Gasteiger partial charge in [-0.3, -0.25) is 4.79 Å². The summed E-state index contributed by atoms with van der Waals surface area (Å²) in [7, 11) is 3.32. The first-order chi connectivity index (χ1) is 7.06. The maximum atomic E-state index is 11.8. The highest BCUT2D eigenvalue weighted by Gasteiger charge is 2.52. The molecule has 0 radical (unpaired) electrons. The van der Waals surface area contributed by atoms with Crippen molar-refractivity contribution in [1.82, 2.24) is 5.32 Å². The number of carbonyl (C=O) groups is 1. The Morgan fingerprint density at radius 3 is 2.40 bits per heavy atom. The van der Waals surface area contributed by atoms with Crippen LogP contribution in [-0.2, 0) is 14.3 Å². The zero-order valence-corrected chi connectivity index (χ0v) is 10.0. The van der Waals surface area contributed by atoms with Gasteiger partial charge in [-0.2, -0.15) is 0 Å². The molecule has 4 nitrogen and oxygen atoms in total. The maximum Gasteiger partial charge on any atom is 0.318 e. The fourth-order valence-electron chi connectivity index (χ4n) is 2.08. The molecule has 1 N–H and O–H groups in total. The summed E-state index contributed by atoms with van der Waals surface area (Å²) in [4.78, 5) is 11.8. The summed E-state index contributed by atoms with van der Waals surface area (Å²) in [5.74, 6) is 0.387. The lowest BCUT2D eigenvalue weighted by molar-refractivity contribution is -0.190. The van der Waals surface area contributed by atoms with E-state index in [1.165, 1.54) is 7.11 Å². The zero-order chi connectivity index (χ0) is 11.5. The summed E-state index contributed by atoms with van der Waals surface area (Å²) in [5, 5.41) is 3.21. The second kappa shape index (κ2) is 4.94. The van der Waals surface area contributed by atoms with Crippen molar-refractivity contribution in [2.75, 3.05) is 27.4 Å². The van der Waals surface area contributed by atoms with Gasteiger partial charge in [0.15, 0.2) is 0 Å². The lowest BCUT2D eigenvalue weighted by Gasteiger charge is -2.44. The number of hydrogen-bond acceptors (Lipinski definition) is 4. The number of esters is 1. The van der Waals surface area contributed by atoms with Crippen molar-refractivity contribution in [1.29, 1.82) is 0 Å². The first kappa shape index (κ1) is 12.5. The summed E-state index contributed by atoms with van der Waals surface area (Å²) in [6.07, 6.45) is 0.953. The molecule has 0 aliphatic carbocycles. The molecule has 1 atom stereocenters. The largest absolute Gasteiger partial charge is 0.468 e. The molecule has 0 aromatic carbocycles. The minimum atomic E-state index is -0.465. The highest BCUT2D eigenvalue weighted by atomic mass is 16.5. The quantitative estimate of drug-likeness (QED) is 0.689. The lowest BCUT2D eigenvalue weighted by Crippen LogP contribution is -2.61. The molecule has 4 heteroatoms. The van der Waals surface area contributed by atoms with E-state index < -0.39 is 5.41 Å². The molecular formula is C11H21NO3. The van der Waals surface area contributed by atoms with Crippen LogP contribution in [0.15, 0.2) is 0 Å². The number of hydrogen-bond donors (Lipinski definition) is 1. The fraction of sp³-hybridized carbons (Fsp3) is 0.909. The molecule has 1 aliphatic rings. The van der Waals surface area contributed by atoms with E-state index in [1.54, 1.807) is 0 Å². The third-order valence-electron chi connectivity index (χ3n) is 3.03. The van der Waals surface area contributed by atoms with Gasteiger partial charge >= 0.3 is 5.97 Å². The molecule has 0 bridgehead atoms. The summed E-state index contributed by atoms with van der Waals surface area (Å²) in [6.45, 7) is 5.24. The van der Waals surface area contributed by atoms with Crippen LogP contribution in [0.4, 0.5) is 0 Å². The molecule has 1 heterocycles. The Morgan fingerprint density at radius 2 is 2.13 bits per heavy atom. The summed E-state index contributed by atoms with van der Waals surface area (Å²) in [5.41, 5.74) is -0.465. The first-order valence-corrected chi connectivity index (χ1v) is 5.40. The third-order valence-corrected chi connectivity index (χ3v) is 3.03. The monoisotopic (exact) mass is 215 g/mol. The van der Waals surface area contributed by atoms with Gasteiger partial charge in [-0.25, -0.2) is 0 Å². The van der Waals surface area contributed by atoms with Gasteiger partial charge in [-0.15, -0.1) is 0 Å². The van der Waals surface area contributed by atoms with Crippen LogP contribution in [0, 0.1) is 11.3 Å². The molecule has 0 aromatic rings. The van der Waals surface area contributed by atoms with Crippen molar-refractivity contribution < 1.29 is 14.3 Å². The van der Waals surface area contributed by atoms with E-state index in [4.69, 9.17) is 9.47 Å². The van der Waals surface area contributed by atoms with Gasteiger partial charge in [0.25, 0.3) is 0 Å². The van der Waals surface area contributed by atoms with Crippen molar-refractivity contribution in [2.45, 2.75) is 26.3 Å². The van der Waals surface area contributed by atoms with Crippen LogP contribution in [0.25, 0.3) is 0 Å². The predicted molar refractivity (Wildman–Crippen MR) is 57.6 cm³/mol. The Labute approximate surface area is 91.3 Å². The number of carbonyl (C=O) groups excluding carboxylic acids is 1. The van der Waals surface area contributed by atoms with E-state index in [1.807, 2.05) is 7.05 Å². The Morgan fingerprint density at radius 1 is 1.53 bits per heavy atom. The minimum Gasteiger partial charge on any atom is -0.468 e. The van der Waals surface area contributed by atoms with Crippen LogP contribution in [-0.4, -0.2) is 39.4 Å². The molecule has 1 rings (SSSR count). The standard InChI is InChI=1S/C11H21NO3/c1-8(2)5-9(12-3)11(6-15-7-11)10(13)14-4/h8-9,12H,5-7H2,1-4H3. The number of methoxy groups -OCH3 is 1. The van der Waals surface area contributed by atoms with Gasteiger partial charge in [0.1, 0.15) is 5.41 Å². The van der Waals surface area contributed by atoms with Gasteiger partial charge < -0.3 is 14.8 Å². The molecule has 1 fully saturated rings. The Balaban J connectivity index is 2.73. The van der Waals surface area contributed by atoms with E-state index in [0.717, 1.165) is 6.42 Å². The molecule has 0 spiro atoms. The number of ether oxygens (including phenoxy) is 2. The van der Waals surface area contributed by atoms with Gasteiger partial charge in [0.2, 0.25) is 0 Å². The van der Waals surface area contributed by atoms with E-state index in [0.29, 0.717) is 19.1 Å². The average molecular weight is 215 g/mol. The zero-order valence-electron chi connectivity index (χ0n) is 10.0. The highest BCUT2D eigenvalue weighted by molar-refractivity contribution is 5.79. The van der Waals surface area contributed by atoms with Crippen molar-refractivity contribution >= 4 is 5.97 Å². The van der Waals surface area contributed by atoms with Crippen molar-refractivity contribution in [3.8, 4) is 0 Å². The first-order valence-electron chi connectivity index (χ1n) is 5.40. The summed E-state index contributed by atoms with van der Waals surface area (Å²) in [6, 6.07) is 0.138. The minimum absolute atomic E-state index is 0.138. The Bertz CT molecular complexity index is 224. The molecule has 0 amide bonds. The number of rotatable bonds is 5. The topological polar surface area (TPSA) is 47.6 Å². The van der Waals surface area contributed by atoms with Crippen LogP contribution in [0.5, 0.6) is 0 Å². The maximum absolute atomic E-state index is 11.8. The molecule has 1 aliphatic heterocycles. The molecule has 0 saturated carbocycles. The third kappa shape index (κ3) is 2.32. The van der Waals surface area contributed by atoms with Crippen LogP contribution in [0.2, 0.25) is 0 Å². The molecule has 88 valence electrons. The van der Waals surface area contributed by atoms with Crippen molar-refractivity contribution in [3.05, 3.63) is 0 Å². The molecule has 1 unspecified atom stereocenters. The second-order valence-electron chi connectivity index (χ2n) is 4.61. The fourth-order valence-corrected chi connectivity index (χ4v) is 2.08. The van der Waals surface area contributed by atoms with Crippen LogP contribution >= 0.6 is 0 Å². The van der Waals surface area contributed by atoms with E-state index in [-0.39, 0.29) is 12.0 Å². The molecule has 1 saturated heterocycles. The van der Waals surface area contributed by atoms with E-state index in [9.17, 15) is 4.79 Å². The second-order valence-corrected chi connectivity index (χ2v) is 4.61. The van der Waals surface area contributed by atoms with Crippen LogP contribution in [0.3, 0.4) is 0 Å². The SMILES string of the molecule is CNC(CC(C)C)C1(C(=O)OC)COC1. The van der Waals surface area contributed by atoms with Crippen LogP contribution < -0.4 is 5.32 Å². The molecule has 15 heavy (non-hydrogen) atoms. The Hall–Kier alpha value is -0.610. The lowest BCUT2D eigenvalue weighted by atomic mass is 9.75. The Kier molecular flexibility index (Phi) is 4.11. The van der Waals surface area contributed by atoms with E-state index in [2.05, 4.69) is 19.2 Å². The summed E-state index contributed by atoms with van der Waals surface area (Å²) < 4.78 is 10.0. The van der Waals surface area contributed by atoms with Gasteiger partial charge in [0.05, 0.1) is 20.3 Å². The normalized spacial score (nSPS) is 20.9. The molecule has 0 aromatic heterocycles. The average Bonchev–Trinajstić information content (AvgIpc) is 2.13. The van der Waals surface area contributed by atoms with Gasteiger partial charge in [0, 0.05) is 6.04 Å². The highest BCUT2D eigenvalue weighted by Crippen LogP contribution is 2.35. The predicted octanol–water partition coefficient (Wildman–Crippen LogP) is 0.810. The summed E-state index contributed by atoms with van der Waals surface area (Å²) >= 11 is 0. The van der Waals surface area contributed by atoms with Gasteiger partial charge in [-0.05, 0) is 19.4 Å². The molecular weight excluding hydrogens is 194 g/mol. The van der Waals surface area contributed by atoms with Crippen LogP contribution in [0.1, 0.15) is 20.3 Å². The van der Waals surface area contributed by atoms with E-state index >= 15 is 0 Å². The number of nitrogens with one attached hydrogen (secondary N) is 1.